The molecule has 0 aliphatic rings. The van der Waals surface area contributed by atoms with Gasteiger partial charge in [-0.1, -0.05) is 6.07 Å². The predicted molar refractivity (Wildman–Crippen MR) is 83.6 cm³/mol. The van der Waals surface area contributed by atoms with Crippen LogP contribution < -0.4 is 4.74 Å². The van der Waals surface area contributed by atoms with Crippen LogP contribution in [0.1, 0.15) is 11.1 Å². The van der Waals surface area contributed by atoms with E-state index in [1.54, 1.807) is 24.4 Å². The maximum Gasteiger partial charge on any atom is 0.219 e. The van der Waals surface area contributed by atoms with Crippen LogP contribution in [-0.2, 0) is 0 Å². The average Bonchev–Trinajstić information content (AvgIpc) is 2.49. The first-order chi connectivity index (χ1) is 10.5. The summed E-state index contributed by atoms with van der Waals surface area (Å²) in [4.78, 5) is 16.7. The van der Waals surface area contributed by atoms with Crippen molar-refractivity contribution in [2.75, 3.05) is 14.1 Å². The van der Waals surface area contributed by atoms with Crippen LogP contribution >= 0.6 is 0 Å². The molecule has 0 aliphatic heterocycles. The van der Waals surface area contributed by atoms with E-state index in [-0.39, 0.29) is 17.4 Å². The largest absolute Gasteiger partial charge is 0.439 e. The fourth-order valence-corrected chi connectivity index (χ4v) is 1.74. The normalized spacial score (nSPS) is 10.7. The zero-order chi connectivity index (χ0) is 16.1. The fourth-order valence-electron chi connectivity index (χ4n) is 1.74. The van der Waals surface area contributed by atoms with E-state index in [2.05, 4.69) is 10.2 Å². The van der Waals surface area contributed by atoms with Crippen LogP contribution in [0.4, 0.5) is 10.1 Å². The highest BCUT2D eigenvalue weighted by atomic mass is 19.1. The molecular formula is C16H16FN3O2. The molecule has 1 heterocycles. The lowest BCUT2D eigenvalue weighted by Crippen LogP contribution is -1.99. The second-order valence-corrected chi connectivity index (χ2v) is 4.96. The summed E-state index contributed by atoms with van der Waals surface area (Å²) in [7, 11) is 3.72. The molecule has 0 spiro atoms. The third-order valence-corrected chi connectivity index (χ3v) is 2.90. The molecule has 0 N–H and O–H groups in total. The summed E-state index contributed by atoms with van der Waals surface area (Å²) in [6.07, 6.45) is 4.83. The van der Waals surface area contributed by atoms with Gasteiger partial charge in [0.1, 0.15) is 17.3 Å². The Morgan fingerprint density at radius 3 is 2.77 bits per heavy atom. The fraction of sp³-hybridized carbons (Fsp3) is 0.188. The summed E-state index contributed by atoms with van der Waals surface area (Å²) >= 11 is 0. The summed E-state index contributed by atoms with van der Waals surface area (Å²) in [6.45, 7) is 1.81. The van der Waals surface area contributed by atoms with E-state index in [1.807, 2.05) is 25.9 Å². The molecule has 114 valence electrons. The predicted octanol–water partition coefficient (Wildman–Crippen LogP) is 4.25. The van der Waals surface area contributed by atoms with Crippen molar-refractivity contribution in [1.82, 2.24) is 9.88 Å². The van der Waals surface area contributed by atoms with Gasteiger partial charge in [-0.25, -0.2) is 9.37 Å². The first-order valence-corrected chi connectivity index (χ1v) is 6.61. The third kappa shape index (κ3) is 3.88. The molecular weight excluding hydrogens is 285 g/mol. The molecule has 0 amide bonds. The number of benzene rings is 1. The molecule has 0 unspecified atom stereocenters. The minimum absolute atomic E-state index is 0.210. The van der Waals surface area contributed by atoms with Crippen molar-refractivity contribution in [3.8, 4) is 11.6 Å². The lowest BCUT2D eigenvalue weighted by atomic mass is 10.2. The average molecular weight is 301 g/mol. The number of aryl methyl sites for hydroxylation is 1. The molecule has 6 heteroatoms. The van der Waals surface area contributed by atoms with E-state index in [0.29, 0.717) is 11.3 Å². The molecule has 22 heavy (non-hydrogen) atoms. The molecule has 0 saturated carbocycles. The van der Waals surface area contributed by atoms with E-state index in [0.717, 1.165) is 5.56 Å². The molecule has 2 aromatic rings. The van der Waals surface area contributed by atoms with Crippen LogP contribution in [0.5, 0.6) is 11.6 Å². The van der Waals surface area contributed by atoms with Gasteiger partial charge in [-0.3, -0.25) is 0 Å². The van der Waals surface area contributed by atoms with Crippen molar-refractivity contribution in [2.24, 2.45) is 5.18 Å². The summed E-state index contributed by atoms with van der Waals surface area (Å²) in [5.41, 5.74) is 1.57. The molecule has 0 bridgehead atoms. The van der Waals surface area contributed by atoms with Crippen molar-refractivity contribution in [2.45, 2.75) is 6.92 Å². The van der Waals surface area contributed by atoms with Crippen LogP contribution in [0.3, 0.4) is 0 Å². The maximum absolute atomic E-state index is 13.3. The summed E-state index contributed by atoms with van der Waals surface area (Å²) in [5, 5.41) is 2.93. The van der Waals surface area contributed by atoms with Gasteiger partial charge >= 0.3 is 0 Å². The number of halogens is 1. The molecule has 0 aliphatic carbocycles. The summed E-state index contributed by atoms with van der Waals surface area (Å²) < 4.78 is 18.9. The zero-order valence-corrected chi connectivity index (χ0v) is 12.6. The smallest absolute Gasteiger partial charge is 0.219 e. The lowest BCUT2D eigenvalue weighted by Gasteiger charge is -2.09. The van der Waals surface area contributed by atoms with E-state index >= 15 is 0 Å². The van der Waals surface area contributed by atoms with E-state index in [9.17, 15) is 9.30 Å². The molecule has 0 saturated heterocycles. The minimum Gasteiger partial charge on any atom is -0.439 e. The number of rotatable bonds is 5. The highest BCUT2D eigenvalue weighted by molar-refractivity contribution is 5.64. The maximum atomic E-state index is 13.3. The van der Waals surface area contributed by atoms with Gasteiger partial charge in [-0.05, 0) is 36.0 Å². The topological polar surface area (TPSA) is 54.8 Å². The zero-order valence-electron chi connectivity index (χ0n) is 12.6. The monoisotopic (exact) mass is 301 g/mol. The summed E-state index contributed by atoms with van der Waals surface area (Å²) in [6, 6.07) is 5.86. The Bertz CT molecular complexity index is 715. The van der Waals surface area contributed by atoms with Crippen molar-refractivity contribution in [3.05, 3.63) is 58.5 Å². The van der Waals surface area contributed by atoms with Gasteiger partial charge in [0.25, 0.3) is 0 Å². The van der Waals surface area contributed by atoms with E-state index < -0.39 is 0 Å². The number of ether oxygens (including phenoxy) is 1. The van der Waals surface area contributed by atoms with Gasteiger partial charge in [0.05, 0.1) is 6.20 Å². The Labute approximate surface area is 128 Å². The second-order valence-electron chi connectivity index (χ2n) is 4.96. The molecule has 1 aromatic carbocycles. The van der Waals surface area contributed by atoms with Gasteiger partial charge in [0.2, 0.25) is 5.88 Å². The first kappa shape index (κ1) is 15.6. The molecule has 5 nitrogen and oxygen atoms in total. The second kappa shape index (κ2) is 6.80. The van der Waals surface area contributed by atoms with E-state index in [1.165, 1.54) is 18.3 Å². The van der Waals surface area contributed by atoms with Crippen LogP contribution in [0.2, 0.25) is 0 Å². The number of pyridine rings is 1. The van der Waals surface area contributed by atoms with Gasteiger partial charge < -0.3 is 9.64 Å². The van der Waals surface area contributed by atoms with Crippen LogP contribution in [0.15, 0.2) is 41.8 Å². The molecule has 2 rings (SSSR count). The molecule has 1 aromatic heterocycles. The van der Waals surface area contributed by atoms with Gasteiger partial charge in [-0.15, -0.1) is 4.91 Å². The van der Waals surface area contributed by atoms with Gasteiger partial charge in [0.15, 0.2) is 0 Å². The SMILES string of the molecule is Cc1ccc(F)cc1Oc1cc(/C=C/N(C)C)c(N=O)cn1. The Morgan fingerprint density at radius 2 is 2.09 bits per heavy atom. The number of nitroso groups, excluding NO2 is 1. The number of nitrogens with zero attached hydrogens (tertiary/aromatic N) is 3. The van der Waals surface area contributed by atoms with Crippen LogP contribution in [-0.4, -0.2) is 24.0 Å². The standard InChI is InChI=1S/C16H16FN3O2/c1-11-4-5-13(17)9-15(11)22-16-8-12(6-7-20(2)3)14(19-21)10-18-16/h4-10H,1-3H3/b7-6+. The first-order valence-electron chi connectivity index (χ1n) is 6.61. The highest BCUT2D eigenvalue weighted by Gasteiger charge is 2.08. The van der Waals surface area contributed by atoms with Gasteiger partial charge in [-0.2, -0.15) is 0 Å². The van der Waals surface area contributed by atoms with Crippen molar-refractivity contribution >= 4 is 11.8 Å². The lowest BCUT2D eigenvalue weighted by molar-refractivity contribution is 0.454. The summed E-state index contributed by atoms with van der Waals surface area (Å²) in [5.74, 6) is 0.251. The third-order valence-electron chi connectivity index (χ3n) is 2.90. The van der Waals surface area contributed by atoms with Crippen LogP contribution in [0, 0.1) is 17.6 Å². The highest BCUT2D eigenvalue weighted by Crippen LogP contribution is 2.28. The van der Waals surface area contributed by atoms with E-state index in [4.69, 9.17) is 4.74 Å². The molecule has 0 fully saturated rings. The van der Waals surface area contributed by atoms with Crippen LogP contribution in [0.25, 0.3) is 6.08 Å². The number of aromatic nitrogens is 1. The van der Waals surface area contributed by atoms with Gasteiger partial charge in [0, 0.05) is 31.8 Å². The number of hydrogen-bond donors (Lipinski definition) is 0. The quantitative estimate of drug-likeness (QED) is 0.775. The Hall–Kier alpha value is -2.76. The Balaban J connectivity index is 2.34. The Kier molecular flexibility index (Phi) is 4.83. The van der Waals surface area contributed by atoms with Crippen molar-refractivity contribution in [1.29, 1.82) is 0 Å². The van der Waals surface area contributed by atoms with Crippen molar-refractivity contribution in [3.63, 3.8) is 0 Å². The minimum atomic E-state index is -0.389. The molecule has 0 atom stereocenters. The van der Waals surface area contributed by atoms with Crippen molar-refractivity contribution < 1.29 is 9.13 Å². The number of hydrogen-bond acceptors (Lipinski definition) is 5. The Morgan fingerprint density at radius 1 is 1.32 bits per heavy atom. The molecule has 0 radical (unpaired) electrons.